The van der Waals surface area contributed by atoms with E-state index in [1.54, 1.807) is 36.0 Å². The van der Waals surface area contributed by atoms with Gasteiger partial charge in [-0.3, -0.25) is 0 Å². The van der Waals surface area contributed by atoms with Gasteiger partial charge in [-0.15, -0.1) is 0 Å². The number of halogens is 3. The smallest absolute Gasteiger partial charge is 0.335 e. The van der Waals surface area contributed by atoms with Crippen LogP contribution < -0.4 is 5.32 Å². The Morgan fingerprint density at radius 1 is 1.41 bits per heavy atom. The van der Waals surface area contributed by atoms with E-state index >= 15 is 0 Å². The molecule has 1 unspecified atom stereocenters. The third kappa shape index (κ3) is 2.41. The monoisotopic (exact) mass is 401 g/mol. The Hall–Kier alpha value is -1.50. The Morgan fingerprint density at radius 3 is 2.77 bits per heavy atom. The molecule has 0 aliphatic carbocycles. The zero-order valence-corrected chi connectivity index (χ0v) is 14.4. The quantitative estimate of drug-likeness (QED) is 0.784. The van der Waals surface area contributed by atoms with Gasteiger partial charge in [-0.2, -0.15) is 5.10 Å². The van der Waals surface area contributed by atoms with Gasteiger partial charge in [0.1, 0.15) is 11.9 Å². The molecule has 0 spiro atoms. The minimum absolute atomic E-state index is 0.210. The van der Waals surface area contributed by atoms with Crippen LogP contribution in [0.15, 0.2) is 40.1 Å². The number of anilines is 1. The van der Waals surface area contributed by atoms with Crippen LogP contribution >= 0.6 is 39.1 Å². The molecule has 0 radical (unpaired) electrons. The molecule has 22 heavy (non-hydrogen) atoms. The van der Waals surface area contributed by atoms with E-state index in [0.29, 0.717) is 27.1 Å². The van der Waals surface area contributed by atoms with Crippen LogP contribution in [0.4, 0.5) is 5.82 Å². The number of allylic oxidation sites excluding steroid dienone is 1. The summed E-state index contributed by atoms with van der Waals surface area (Å²) in [6.45, 7) is 1.72. The number of rotatable bonds is 2. The standard InChI is InChI=1S/C14H10BrCl2N3O2/c1-6-11(14(21)22)12(7-2-3-9(16)10(17)4-7)20-13(19-6)8(15)5-18-20/h2-5,12,19H,1H3,(H,21,22). The van der Waals surface area contributed by atoms with Gasteiger partial charge in [0.2, 0.25) is 0 Å². The number of aromatic nitrogens is 2. The molecule has 2 aromatic rings. The van der Waals surface area contributed by atoms with Crippen LogP contribution in [-0.2, 0) is 4.79 Å². The SMILES string of the molecule is CC1=C(C(=O)O)C(c2ccc(Cl)c(Cl)c2)n2ncc(Br)c2N1. The summed E-state index contributed by atoms with van der Waals surface area (Å²) in [7, 11) is 0. The maximum atomic E-state index is 11.7. The molecule has 0 amide bonds. The van der Waals surface area contributed by atoms with Crippen molar-refractivity contribution in [1.29, 1.82) is 0 Å². The van der Waals surface area contributed by atoms with E-state index in [2.05, 4.69) is 26.3 Å². The predicted molar refractivity (Wildman–Crippen MR) is 88.5 cm³/mol. The van der Waals surface area contributed by atoms with Crippen molar-refractivity contribution in [2.45, 2.75) is 13.0 Å². The highest BCUT2D eigenvalue weighted by Crippen LogP contribution is 2.40. The van der Waals surface area contributed by atoms with Gasteiger partial charge < -0.3 is 10.4 Å². The van der Waals surface area contributed by atoms with Gasteiger partial charge in [0.15, 0.2) is 0 Å². The summed E-state index contributed by atoms with van der Waals surface area (Å²) in [5.74, 6) is -0.322. The number of hydrogen-bond acceptors (Lipinski definition) is 3. The lowest BCUT2D eigenvalue weighted by Gasteiger charge is -2.28. The lowest BCUT2D eigenvalue weighted by Crippen LogP contribution is -2.28. The molecule has 114 valence electrons. The largest absolute Gasteiger partial charge is 0.478 e. The molecule has 0 bridgehead atoms. The third-order valence-electron chi connectivity index (χ3n) is 3.47. The molecule has 8 heteroatoms. The van der Waals surface area contributed by atoms with E-state index in [1.165, 1.54) is 0 Å². The molecule has 1 atom stereocenters. The summed E-state index contributed by atoms with van der Waals surface area (Å²) < 4.78 is 2.36. The van der Waals surface area contributed by atoms with Crippen molar-refractivity contribution >= 4 is 50.9 Å². The highest BCUT2D eigenvalue weighted by atomic mass is 79.9. The third-order valence-corrected chi connectivity index (χ3v) is 4.79. The number of carboxylic acid groups (broad SMARTS) is 1. The number of carbonyl (C=O) groups is 1. The molecule has 1 aliphatic rings. The summed E-state index contributed by atoms with van der Waals surface area (Å²) in [6.07, 6.45) is 1.62. The highest BCUT2D eigenvalue weighted by molar-refractivity contribution is 9.10. The first-order valence-electron chi connectivity index (χ1n) is 6.29. The Morgan fingerprint density at radius 2 is 2.14 bits per heavy atom. The van der Waals surface area contributed by atoms with Gasteiger partial charge in [0.05, 0.1) is 26.3 Å². The number of nitrogens with zero attached hydrogens (tertiary/aromatic N) is 2. The van der Waals surface area contributed by atoms with Gasteiger partial charge in [-0.25, -0.2) is 9.48 Å². The maximum absolute atomic E-state index is 11.7. The van der Waals surface area contributed by atoms with E-state index in [4.69, 9.17) is 23.2 Å². The Balaban J connectivity index is 2.24. The van der Waals surface area contributed by atoms with E-state index in [9.17, 15) is 9.90 Å². The average Bonchev–Trinajstić information content (AvgIpc) is 2.81. The number of nitrogens with one attached hydrogen (secondary N) is 1. The fraction of sp³-hybridized carbons (Fsp3) is 0.143. The first-order valence-corrected chi connectivity index (χ1v) is 7.84. The van der Waals surface area contributed by atoms with Gasteiger partial charge in [0.25, 0.3) is 0 Å². The van der Waals surface area contributed by atoms with E-state index in [0.717, 1.165) is 4.47 Å². The molecule has 1 aromatic carbocycles. The molecule has 3 rings (SSSR count). The van der Waals surface area contributed by atoms with E-state index in [-0.39, 0.29) is 5.57 Å². The number of fused-ring (bicyclic) bond motifs is 1. The first-order chi connectivity index (χ1) is 10.4. The van der Waals surface area contributed by atoms with E-state index < -0.39 is 12.0 Å². The molecule has 2 N–H and O–H groups in total. The second-order valence-corrected chi connectivity index (χ2v) is 6.50. The summed E-state index contributed by atoms with van der Waals surface area (Å²) >= 11 is 15.4. The molecule has 2 heterocycles. The number of aliphatic carboxylic acids is 1. The number of carboxylic acids is 1. The first kappa shape index (κ1) is 15.4. The molecule has 1 aliphatic heterocycles. The second-order valence-electron chi connectivity index (χ2n) is 4.83. The molecular formula is C14H10BrCl2N3O2. The minimum atomic E-state index is -1.02. The van der Waals surface area contributed by atoms with Crippen molar-refractivity contribution in [3.05, 3.63) is 55.7 Å². The van der Waals surface area contributed by atoms with Crippen molar-refractivity contribution in [3.8, 4) is 0 Å². The number of hydrogen-bond donors (Lipinski definition) is 2. The normalized spacial score (nSPS) is 17.2. The second kappa shape index (κ2) is 5.61. The van der Waals surface area contributed by atoms with Crippen LogP contribution in [0.3, 0.4) is 0 Å². The average molecular weight is 403 g/mol. The predicted octanol–water partition coefficient (Wildman–Crippen LogP) is 4.33. The molecular weight excluding hydrogens is 393 g/mol. The Labute approximate surface area is 144 Å². The van der Waals surface area contributed by atoms with E-state index in [1.807, 2.05) is 0 Å². The van der Waals surface area contributed by atoms with Crippen LogP contribution in [0.1, 0.15) is 18.5 Å². The van der Waals surface area contributed by atoms with Crippen LogP contribution in [-0.4, -0.2) is 20.9 Å². The van der Waals surface area contributed by atoms with Gasteiger partial charge in [-0.1, -0.05) is 29.3 Å². The maximum Gasteiger partial charge on any atom is 0.335 e. The molecule has 5 nitrogen and oxygen atoms in total. The summed E-state index contributed by atoms with van der Waals surface area (Å²) in [4.78, 5) is 11.7. The highest BCUT2D eigenvalue weighted by Gasteiger charge is 2.33. The lowest BCUT2D eigenvalue weighted by atomic mass is 9.96. The topological polar surface area (TPSA) is 67.1 Å². The molecule has 1 aromatic heterocycles. The molecule has 0 saturated heterocycles. The van der Waals surface area contributed by atoms with Gasteiger partial charge >= 0.3 is 5.97 Å². The van der Waals surface area contributed by atoms with Crippen LogP contribution in [0.2, 0.25) is 10.0 Å². The van der Waals surface area contributed by atoms with Crippen molar-refractivity contribution in [2.75, 3.05) is 5.32 Å². The summed E-state index contributed by atoms with van der Waals surface area (Å²) in [5, 5.41) is 17.7. The van der Waals surface area contributed by atoms with Gasteiger partial charge in [0, 0.05) is 5.70 Å². The van der Waals surface area contributed by atoms with Crippen molar-refractivity contribution < 1.29 is 9.90 Å². The Kier molecular flexibility index (Phi) is 3.92. The van der Waals surface area contributed by atoms with Gasteiger partial charge in [-0.05, 0) is 40.5 Å². The van der Waals surface area contributed by atoms with Crippen LogP contribution in [0, 0.1) is 0 Å². The van der Waals surface area contributed by atoms with Crippen LogP contribution in [0.25, 0.3) is 0 Å². The zero-order valence-electron chi connectivity index (χ0n) is 11.3. The van der Waals surface area contributed by atoms with Crippen molar-refractivity contribution in [3.63, 3.8) is 0 Å². The molecule has 0 saturated carbocycles. The summed E-state index contributed by atoms with van der Waals surface area (Å²) in [6, 6.07) is 4.47. The number of benzene rings is 1. The lowest BCUT2D eigenvalue weighted by molar-refractivity contribution is -0.133. The molecule has 0 fully saturated rings. The van der Waals surface area contributed by atoms with Crippen LogP contribution in [0.5, 0.6) is 0 Å². The van der Waals surface area contributed by atoms with Crippen molar-refractivity contribution in [1.82, 2.24) is 9.78 Å². The zero-order chi connectivity index (χ0) is 16.0. The Bertz CT molecular complexity index is 816. The fourth-order valence-electron chi connectivity index (χ4n) is 2.49. The summed E-state index contributed by atoms with van der Waals surface area (Å²) in [5.41, 5.74) is 1.46. The minimum Gasteiger partial charge on any atom is -0.478 e. The van der Waals surface area contributed by atoms with Crippen molar-refractivity contribution in [2.24, 2.45) is 0 Å². The fourth-order valence-corrected chi connectivity index (χ4v) is 3.17.